The standard InChI is InChI=1S/C16H25BrN2O/c1-3-8-18-15(14-7-9-20-16(14)4-2)10-13-6-5-12(17)11-19-13/h5-6,11,14-16,18H,3-4,7-10H2,1-2H3. The Kier molecular flexibility index (Phi) is 6.46. The maximum Gasteiger partial charge on any atom is 0.0616 e. The Morgan fingerprint density at radius 3 is 2.95 bits per heavy atom. The van der Waals surface area contributed by atoms with E-state index in [9.17, 15) is 0 Å². The quantitative estimate of drug-likeness (QED) is 0.823. The van der Waals surface area contributed by atoms with Crippen molar-refractivity contribution in [3.05, 3.63) is 28.5 Å². The molecule has 0 spiro atoms. The molecule has 4 heteroatoms. The summed E-state index contributed by atoms with van der Waals surface area (Å²) in [6.45, 7) is 6.40. The Morgan fingerprint density at radius 2 is 2.30 bits per heavy atom. The van der Waals surface area contributed by atoms with Crippen molar-refractivity contribution in [2.24, 2.45) is 5.92 Å². The van der Waals surface area contributed by atoms with Crippen LogP contribution in [-0.4, -0.2) is 30.3 Å². The van der Waals surface area contributed by atoms with Crippen molar-refractivity contribution < 1.29 is 4.74 Å². The van der Waals surface area contributed by atoms with E-state index in [-0.39, 0.29) is 0 Å². The van der Waals surface area contributed by atoms with Crippen molar-refractivity contribution >= 4 is 15.9 Å². The molecule has 2 heterocycles. The zero-order chi connectivity index (χ0) is 14.4. The third kappa shape index (κ3) is 4.27. The highest BCUT2D eigenvalue weighted by Gasteiger charge is 2.33. The number of hydrogen-bond acceptors (Lipinski definition) is 3. The lowest BCUT2D eigenvalue weighted by Crippen LogP contribution is -2.42. The fourth-order valence-corrected chi connectivity index (χ4v) is 3.24. The van der Waals surface area contributed by atoms with Crippen molar-refractivity contribution in [3.63, 3.8) is 0 Å². The first-order valence-corrected chi connectivity index (χ1v) is 8.49. The summed E-state index contributed by atoms with van der Waals surface area (Å²) in [7, 11) is 0. The summed E-state index contributed by atoms with van der Waals surface area (Å²) in [4.78, 5) is 4.52. The minimum Gasteiger partial charge on any atom is -0.378 e. The molecule has 3 atom stereocenters. The van der Waals surface area contributed by atoms with Gasteiger partial charge in [0.2, 0.25) is 0 Å². The highest BCUT2D eigenvalue weighted by Crippen LogP contribution is 2.28. The Morgan fingerprint density at radius 1 is 1.45 bits per heavy atom. The van der Waals surface area contributed by atoms with E-state index < -0.39 is 0 Å². The van der Waals surface area contributed by atoms with E-state index >= 15 is 0 Å². The first kappa shape index (κ1) is 15.9. The Bertz CT molecular complexity index is 396. The van der Waals surface area contributed by atoms with Crippen LogP contribution >= 0.6 is 15.9 Å². The molecule has 1 fully saturated rings. The van der Waals surface area contributed by atoms with Crippen LogP contribution in [0.2, 0.25) is 0 Å². The molecule has 1 aliphatic rings. The van der Waals surface area contributed by atoms with Gasteiger partial charge in [-0.1, -0.05) is 13.8 Å². The zero-order valence-electron chi connectivity index (χ0n) is 12.4. The van der Waals surface area contributed by atoms with Crippen LogP contribution in [0.5, 0.6) is 0 Å². The molecular weight excluding hydrogens is 316 g/mol. The maximum absolute atomic E-state index is 5.86. The normalized spacial score (nSPS) is 23.9. The van der Waals surface area contributed by atoms with E-state index in [0.29, 0.717) is 18.1 Å². The molecule has 3 unspecified atom stereocenters. The van der Waals surface area contributed by atoms with E-state index in [0.717, 1.165) is 49.0 Å². The number of halogens is 1. The molecular formula is C16H25BrN2O. The van der Waals surface area contributed by atoms with Gasteiger partial charge < -0.3 is 10.1 Å². The van der Waals surface area contributed by atoms with E-state index in [1.807, 2.05) is 6.20 Å². The summed E-state index contributed by atoms with van der Waals surface area (Å²) in [5.41, 5.74) is 1.16. The first-order valence-electron chi connectivity index (χ1n) is 7.70. The van der Waals surface area contributed by atoms with Crippen LogP contribution in [0.1, 0.15) is 38.8 Å². The summed E-state index contributed by atoms with van der Waals surface area (Å²) in [6, 6.07) is 4.65. The lowest BCUT2D eigenvalue weighted by Gasteiger charge is -2.28. The number of rotatable bonds is 7. The van der Waals surface area contributed by atoms with Gasteiger partial charge in [-0.15, -0.1) is 0 Å². The predicted octanol–water partition coefficient (Wildman–Crippen LogP) is 3.57. The molecule has 0 radical (unpaired) electrons. The van der Waals surface area contributed by atoms with Crippen LogP contribution in [0.4, 0.5) is 0 Å². The Labute approximate surface area is 130 Å². The minimum atomic E-state index is 0.403. The first-order chi connectivity index (χ1) is 9.74. The Balaban J connectivity index is 2.04. The Hall–Kier alpha value is -0.450. The molecule has 20 heavy (non-hydrogen) atoms. The summed E-state index contributed by atoms with van der Waals surface area (Å²) >= 11 is 3.44. The van der Waals surface area contributed by atoms with Crippen LogP contribution in [0.25, 0.3) is 0 Å². The van der Waals surface area contributed by atoms with Gasteiger partial charge in [0, 0.05) is 41.4 Å². The summed E-state index contributed by atoms with van der Waals surface area (Å²) in [5, 5.41) is 3.71. The van der Waals surface area contributed by atoms with Gasteiger partial charge in [-0.3, -0.25) is 4.98 Å². The van der Waals surface area contributed by atoms with Crippen LogP contribution in [0.15, 0.2) is 22.8 Å². The lowest BCUT2D eigenvalue weighted by molar-refractivity contribution is 0.0773. The highest BCUT2D eigenvalue weighted by molar-refractivity contribution is 9.10. The third-order valence-electron chi connectivity index (χ3n) is 4.05. The largest absolute Gasteiger partial charge is 0.378 e. The number of ether oxygens (including phenoxy) is 1. The molecule has 0 aliphatic carbocycles. The monoisotopic (exact) mass is 340 g/mol. The molecule has 0 saturated carbocycles. The van der Waals surface area contributed by atoms with Gasteiger partial charge in [0.15, 0.2) is 0 Å². The number of pyridine rings is 1. The molecule has 0 amide bonds. The van der Waals surface area contributed by atoms with Crippen molar-refractivity contribution in [1.82, 2.24) is 10.3 Å². The molecule has 3 nitrogen and oxygen atoms in total. The molecule has 0 bridgehead atoms. The SMILES string of the molecule is CCCNC(Cc1ccc(Br)cn1)C1CCOC1CC. The summed E-state index contributed by atoms with van der Waals surface area (Å²) in [6.07, 6.45) is 6.69. The van der Waals surface area contributed by atoms with Crippen molar-refractivity contribution in [2.75, 3.05) is 13.2 Å². The van der Waals surface area contributed by atoms with Crippen LogP contribution in [-0.2, 0) is 11.2 Å². The van der Waals surface area contributed by atoms with E-state index in [1.54, 1.807) is 0 Å². The number of nitrogens with one attached hydrogen (secondary N) is 1. The van der Waals surface area contributed by atoms with E-state index in [2.05, 4.69) is 52.2 Å². The minimum absolute atomic E-state index is 0.403. The van der Waals surface area contributed by atoms with Crippen molar-refractivity contribution in [2.45, 2.75) is 51.7 Å². The fourth-order valence-electron chi connectivity index (χ4n) is 3.00. The van der Waals surface area contributed by atoms with Gasteiger partial charge in [0.25, 0.3) is 0 Å². The molecule has 1 aromatic heterocycles. The number of nitrogens with zero attached hydrogens (tertiary/aromatic N) is 1. The topological polar surface area (TPSA) is 34.2 Å². The van der Waals surface area contributed by atoms with Gasteiger partial charge in [0.1, 0.15) is 0 Å². The lowest BCUT2D eigenvalue weighted by atomic mass is 9.88. The predicted molar refractivity (Wildman–Crippen MR) is 85.9 cm³/mol. The average Bonchev–Trinajstić information content (AvgIpc) is 2.94. The highest BCUT2D eigenvalue weighted by atomic mass is 79.9. The van der Waals surface area contributed by atoms with E-state index in [4.69, 9.17) is 4.74 Å². The van der Waals surface area contributed by atoms with Crippen LogP contribution in [0.3, 0.4) is 0 Å². The molecule has 1 aliphatic heterocycles. The summed E-state index contributed by atoms with van der Waals surface area (Å²) < 4.78 is 6.90. The molecule has 0 aromatic carbocycles. The summed E-state index contributed by atoms with van der Waals surface area (Å²) in [5.74, 6) is 0.608. The molecule has 1 saturated heterocycles. The van der Waals surface area contributed by atoms with Crippen molar-refractivity contribution in [1.29, 1.82) is 0 Å². The van der Waals surface area contributed by atoms with E-state index in [1.165, 1.54) is 0 Å². The van der Waals surface area contributed by atoms with Gasteiger partial charge in [-0.25, -0.2) is 0 Å². The van der Waals surface area contributed by atoms with Gasteiger partial charge in [0.05, 0.1) is 6.10 Å². The van der Waals surface area contributed by atoms with Gasteiger partial charge in [-0.2, -0.15) is 0 Å². The number of aromatic nitrogens is 1. The van der Waals surface area contributed by atoms with Crippen LogP contribution < -0.4 is 5.32 Å². The number of hydrogen-bond donors (Lipinski definition) is 1. The average molecular weight is 341 g/mol. The fraction of sp³-hybridized carbons (Fsp3) is 0.688. The second-order valence-electron chi connectivity index (χ2n) is 5.50. The molecule has 1 aromatic rings. The molecule has 1 N–H and O–H groups in total. The van der Waals surface area contributed by atoms with Gasteiger partial charge in [-0.05, 0) is 53.9 Å². The second kappa shape index (κ2) is 8.11. The van der Waals surface area contributed by atoms with Crippen LogP contribution in [0, 0.1) is 5.92 Å². The maximum atomic E-state index is 5.86. The molecule has 112 valence electrons. The second-order valence-corrected chi connectivity index (χ2v) is 6.42. The third-order valence-corrected chi connectivity index (χ3v) is 4.52. The molecule has 2 rings (SSSR count). The zero-order valence-corrected chi connectivity index (χ0v) is 14.0. The van der Waals surface area contributed by atoms with Gasteiger partial charge >= 0.3 is 0 Å². The smallest absolute Gasteiger partial charge is 0.0616 e. The van der Waals surface area contributed by atoms with Crippen molar-refractivity contribution in [3.8, 4) is 0 Å².